The Bertz CT molecular complexity index is 742. The van der Waals surface area contributed by atoms with Crippen molar-refractivity contribution >= 4 is 17.2 Å². The topological polar surface area (TPSA) is 44.8 Å². The highest BCUT2D eigenvalue weighted by Crippen LogP contribution is 2.33. The zero-order valence-electron chi connectivity index (χ0n) is 13.4. The molecular weight excluding hydrogens is 322 g/mol. The number of methoxy groups -OCH3 is 1. The Kier molecular flexibility index (Phi) is 4.00. The van der Waals surface area contributed by atoms with Gasteiger partial charge in [0.05, 0.1) is 19.7 Å². The summed E-state index contributed by atoms with van der Waals surface area (Å²) in [4.78, 5) is 15.9. The van der Waals surface area contributed by atoms with Gasteiger partial charge in [0.25, 0.3) is 5.91 Å². The van der Waals surface area contributed by atoms with E-state index in [0.717, 1.165) is 17.7 Å². The molecule has 3 heterocycles. The summed E-state index contributed by atoms with van der Waals surface area (Å²) in [5.74, 6) is 0.962. The average molecular weight is 341 g/mol. The number of benzene rings is 1. The molecule has 2 aromatic rings. The van der Waals surface area contributed by atoms with Crippen LogP contribution in [0, 0.1) is 0 Å². The lowest BCUT2D eigenvalue weighted by molar-refractivity contribution is -0.134. The number of ether oxygens (including phenoxy) is 1. The van der Waals surface area contributed by atoms with Gasteiger partial charge in [0.1, 0.15) is 11.8 Å². The largest absolute Gasteiger partial charge is 0.497 e. The van der Waals surface area contributed by atoms with Gasteiger partial charge >= 0.3 is 0 Å². The minimum atomic E-state index is -0.139. The van der Waals surface area contributed by atoms with Gasteiger partial charge in [-0.2, -0.15) is 0 Å². The molecule has 6 heteroatoms. The predicted molar refractivity (Wildman–Crippen MR) is 93.1 cm³/mol. The summed E-state index contributed by atoms with van der Waals surface area (Å²) in [6.07, 6.45) is 4.61. The molecule has 2 atom stereocenters. The van der Waals surface area contributed by atoms with Gasteiger partial charge in [-0.05, 0) is 29.1 Å². The number of nitrogens with zero attached hydrogens (tertiary/aromatic N) is 2. The molecule has 1 saturated heterocycles. The van der Waals surface area contributed by atoms with Gasteiger partial charge in [-0.15, -0.1) is 11.3 Å². The number of carbonyl (C=O) groups excluding carboxylic acids is 1. The van der Waals surface area contributed by atoms with E-state index in [2.05, 4.69) is 16.9 Å². The number of amides is 1. The molecule has 1 fully saturated rings. The van der Waals surface area contributed by atoms with Crippen LogP contribution in [0.3, 0.4) is 0 Å². The third-order valence-corrected chi connectivity index (χ3v) is 5.46. The molecule has 1 aromatic carbocycles. The highest BCUT2D eigenvalue weighted by atomic mass is 32.1. The second-order valence-corrected chi connectivity index (χ2v) is 6.95. The quantitative estimate of drug-likeness (QED) is 0.929. The number of rotatable bonds is 4. The zero-order chi connectivity index (χ0) is 16.5. The van der Waals surface area contributed by atoms with Gasteiger partial charge in [0.15, 0.2) is 0 Å². The molecule has 0 spiro atoms. The Labute approximate surface area is 145 Å². The van der Waals surface area contributed by atoms with Crippen molar-refractivity contribution in [1.29, 1.82) is 0 Å². The number of hydrazine groups is 1. The lowest BCUT2D eigenvalue weighted by Crippen LogP contribution is -2.47. The molecule has 1 amide bonds. The molecule has 0 radical (unpaired) electrons. The van der Waals surface area contributed by atoms with Crippen LogP contribution in [0.4, 0.5) is 0 Å². The number of hydrogen-bond donors (Lipinski definition) is 1. The second kappa shape index (κ2) is 6.30. The van der Waals surface area contributed by atoms with Gasteiger partial charge in [-0.1, -0.05) is 18.2 Å². The zero-order valence-corrected chi connectivity index (χ0v) is 14.2. The number of hydrogen-bond acceptors (Lipinski definition) is 5. The maximum atomic E-state index is 12.8. The van der Waals surface area contributed by atoms with E-state index in [0.29, 0.717) is 6.54 Å². The van der Waals surface area contributed by atoms with Crippen LogP contribution in [0.15, 0.2) is 54.2 Å². The summed E-state index contributed by atoms with van der Waals surface area (Å²) in [6, 6.07) is 12.1. The highest BCUT2D eigenvalue weighted by Gasteiger charge is 2.40. The van der Waals surface area contributed by atoms with Gasteiger partial charge < -0.3 is 14.6 Å². The fraction of sp³-hybridized carbons (Fsp3) is 0.278. The molecule has 24 heavy (non-hydrogen) atoms. The normalized spacial score (nSPS) is 22.8. The SMILES string of the molecule is COc1ccc(CN2C=CN3NC(c4cccs4)CC3C2=O)cc1. The number of nitrogens with one attached hydrogen (secondary N) is 1. The Morgan fingerprint density at radius 1 is 1.25 bits per heavy atom. The summed E-state index contributed by atoms with van der Waals surface area (Å²) >= 11 is 1.72. The van der Waals surface area contributed by atoms with Crippen LogP contribution in [0.5, 0.6) is 5.75 Å². The van der Waals surface area contributed by atoms with Gasteiger partial charge in [-0.3, -0.25) is 4.79 Å². The second-order valence-electron chi connectivity index (χ2n) is 5.97. The Morgan fingerprint density at radius 2 is 2.08 bits per heavy atom. The van der Waals surface area contributed by atoms with Crippen LogP contribution in [-0.4, -0.2) is 29.0 Å². The lowest BCUT2D eigenvalue weighted by atomic mass is 10.1. The van der Waals surface area contributed by atoms with Crippen LogP contribution in [0.2, 0.25) is 0 Å². The van der Waals surface area contributed by atoms with E-state index < -0.39 is 0 Å². The van der Waals surface area contributed by atoms with Crippen LogP contribution in [-0.2, 0) is 11.3 Å². The smallest absolute Gasteiger partial charge is 0.251 e. The van der Waals surface area contributed by atoms with E-state index in [1.807, 2.05) is 47.7 Å². The number of fused-ring (bicyclic) bond motifs is 1. The molecule has 1 aromatic heterocycles. The van der Waals surface area contributed by atoms with Crippen molar-refractivity contribution in [2.45, 2.75) is 25.0 Å². The molecule has 124 valence electrons. The monoisotopic (exact) mass is 341 g/mol. The van der Waals surface area contributed by atoms with Crippen molar-refractivity contribution in [3.8, 4) is 5.75 Å². The van der Waals surface area contributed by atoms with Crippen LogP contribution in [0.25, 0.3) is 0 Å². The van der Waals surface area contributed by atoms with Crippen molar-refractivity contribution in [2.75, 3.05) is 7.11 Å². The molecule has 5 nitrogen and oxygen atoms in total. The molecular formula is C18H19N3O2S. The molecule has 2 aliphatic rings. The van der Waals surface area contributed by atoms with Gasteiger partial charge in [0.2, 0.25) is 0 Å². The molecule has 2 aliphatic heterocycles. The first-order chi connectivity index (χ1) is 11.7. The Balaban J connectivity index is 1.46. The maximum absolute atomic E-state index is 12.8. The van der Waals surface area contributed by atoms with E-state index >= 15 is 0 Å². The average Bonchev–Trinajstić information content (AvgIpc) is 3.27. The molecule has 2 unspecified atom stereocenters. The summed E-state index contributed by atoms with van der Waals surface area (Å²) < 4.78 is 5.18. The van der Waals surface area contributed by atoms with E-state index in [4.69, 9.17) is 4.74 Å². The first kappa shape index (κ1) is 15.2. The minimum Gasteiger partial charge on any atom is -0.497 e. The maximum Gasteiger partial charge on any atom is 0.251 e. The standard InChI is InChI=1S/C18H19N3O2S/c1-23-14-6-4-13(5-7-14)12-20-8-9-21-16(18(20)22)11-15(19-21)17-3-2-10-24-17/h2-10,15-16,19H,11-12H2,1H3. The fourth-order valence-corrected chi connectivity index (χ4v) is 3.96. The van der Waals surface area contributed by atoms with Gasteiger partial charge in [0, 0.05) is 23.7 Å². The van der Waals surface area contributed by atoms with Crippen molar-refractivity contribution in [1.82, 2.24) is 15.3 Å². The van der Waals surface area contributed by atoms with E-state index in [1.54, 1.807) is 23.3 Å². The van der Waals surface area contributed by atoms with Crippen LogP contribution >= 0.6 is 11.3 Å². The molecule has 0 aliphatic carbocycles. The number of carbonyl (C=O) groups is 1. The van der Waals surface area contributed by atoms with Crippen LogP contribution in [0.1, 0.15) is 22.9 Å². The highest BCUT2D eigenvalue weighted by molar-refractivity contribution is 7.10. The fourth-order valence-electron chi connectivity index (χ4n) is 3.17. The van der Waals surface area contributed by atoms with Crippen molar-refractivity contribution in [2.24, 2.45) is 0 Å². The molecule has 0 bridgehead atoms. The first-order valence-electron chi connectivity index (χ1n) is 7.94. The third-order valence-electron chi connectivity index (χ3n) is 4.47. The minimum absolute atomic E-state index is 0.139. The first-order valence-corrected chi connectivity index (χ1v) is 8.82. The number of thiophene rings is 1. The van der Waals surface area contributed by atoms with E-state index in [-0.39, 0.29) is 18.0 Å². The van der Waals surface area contributed by atoms with Crippen molar-refractivity contribution in [3.63, 3.8) is 0 Å². The summed E-state index contributed by atoms with van der Waals surface area (Å²) in [6.45, 7) is 0.577. The van der Waals surface area contributed by atoms with E-state index in [9.17, 15) is 4.79 Å². The Hall–Kier alpha value is -2.31. The summed E-state index contributed by atoms with van der Waals surface area (Å²) in [5, 5.41) is 4.01. The lowest BCUT2D eigenvalue weighted by Gasteiger charge is -2.31. The predicted octanol–water partition coefficient (Wildman–Crippen LogP) is 2.89. The van der Waals surface area contributed by atoms with E-state index in [1.165, 1.54) is 4.88 Å². The van der Waals surface area contributed by atoms with Crippen molar-refractivity contribution < 1.29 is 9.53 Å². The van der Waals surface area contributed by atoms with Gasteiger partial charge in [-0.25, -0.2) is 5.43 Å². The summed E-state index contributed by atoms with van der Waals surface area (Å²) in [7, 11) is 1.65. The molecule has 1 N–H and O–H groups in total. The molecule has 0 saturated carbocycles. The third kappa shape index (κ3) is 2.79. The van der Waals surface area contributed by atoms with Crippen molar-refractivity contribution in [3.05, 3.63) is 64.6 Å². The molecule has 4 rings (SSSR count). The Morgan fingerprint density at radius 3 is 2.79 bits per heavy atom. The summed E-state index contributed by atoms with van der Waals surface area (Å²) in [5.41, 5.74) is 4.50. The van der Waals surface area contributed by atoms with Crippen LogP contribution < -0.4 is 10.2 Å².